The normalized spacial score (nSPS) is 11.5. The Labute approximate surface area is 160 Å². The Morgan fingerprint density at radius 2 is 1.92 bits per heavy atom. The van der Waals surface area contributed by atoms with Gasteiger partial charge in [0.15, 0.2) is 5.96 Å². The lowest BCUT2D eigenvalue weighted by atomic mass is 9.93. The molecule has 0 spiro atoms. The fourth-order valence-corrected chi connectivity index (χ4v) is 2.05. The van der Waals surface area contributed by atoms with Crippen LogP contribution in [0, 0.1) is 11.2 Å². The largest absolute Gasteiger partial charge is 0.359 e. The molecule has 24 heavy (non-hydrogen) atoms. The van der Waals surface area contributed by atoms with Gasteiger partial charge in [-0.05, 0) is 38.8 Å². The van der Waals surface area contributed by atoms with Crippen LogP contribution < -0.4 is 16.0 Å². The average Bonchev–Trinajstić information content (AvgIpc) is 2.53. The summed E-state index contributed by atoms with van der Waals surface area (Å²) in [6.45, 7) is 7.30. The molecule has 1 aromatic rings. The van der Waals surface area contributed by atoms with Gasteiger partial charge in [0.25, 0.3) is 0 Å². The molecular weight excluding hydrogens is 422 g/mol. The molecule has 0 aromatic heterocycles. The second kappa shape index (κ2) is 11.2. The number of carbonyl (C=O) groups is 1. The smallest absolute Gasteiger partial charge is 0.227 e. The van der Waals surface area contributed by atoms with Crippen LogP contribution in [0.2, 0.25) is 0 Å². The number of benzene rings is 1. The van der Waals surface area contributed by atoms with Crippen molar-refractivity contribution in [3.63, 3.8) is 0 Å². The molecular formula is C17H28FIN4O. The van der Waals surface area contributed by atoms with Crippen molar-refractivity contribution in [2.45, 2.75) is 27.2 Å². The Balaban J connectivity index is 0.00000529. The van der Waals surface area contributed by atoms with E-state index in [4.69, 9.17) is 0 Å². The van der Waals surface area contributed by atoms with Crippen molar-refractivity contribution < 1.29 is 9.18 Å². The van der Waals surface area contributed by atoms with Gasteiger partial charge < -0.3 is 16.0 Å². The Morgan fingerprint density at radius 1 is 1.25 bits per heavy atom. The highest BCUT2D eigenvalue weighted by Crippen LogP contribution is 2.15. The van der Waals surface area contributed by atoms with Crippen molar-refractivity contribution in [1.29, 1.82) is 0 Å². The third-order valence-corrected chi connectivity index (χ3v) is 3.46. The van der Waals surface area contributed by atoms with Crippen LogP contribution in [-0.4, -0.2) is 38.5 Å². The van der Waals surface area contributed by atoms with Crippen molar-refractivity contribution >= 4 is 35.8 Å². The van der Waals surface area contributed by atoms with Gasteiger partial charge in [0.2, 0.25) is 5.91 Å². The lowest BCUT2D eigenvalue weighted by molar-refractivity contribution is -0.128. The van der Waals surface area contributed by atoms with Gasteiger partial charge in [0.05, 0.1) is 12.0 Å². The van der Waals surface area contributed by atoms with Crippen LogP contribution in [-0.2, 0) is 11.2 Å². The molecule has 5 nitrogen and oxygen atoms in total. The first kappa shape index (κ1) is 22.6. The summed E-state index contributed by atoms with van der Waals surface area (Å²) in [7, 11) is 1.62. The molecule has 7 heteroatoms. The summed E-state index contributed by atoms with van der Waals surface area (Å²) in [5.41, 5.74) is 0.0874. The van der Waals surface area contributed by atoms with Gasteiger partial charge in [-0.15, -0.1) is 24.0 Å². The second-order valence-corrected chi connectivity index (χ2v) is 5.93. The molecule has 0 fully saturated rings. The lowest BCUT2D eigenvalue weighted by Crippen LogP contribution is -2.41. The standard InChI is InChI=1S/C17H27FN4O.HI/c1-5-20-16(22-12-17(2,3)15(23)19-4)21-11-10-13-8-6-7-9-14(13)18;/h6-9H,5,10-12H2,1-4H3,(H,19,23)(H2,20,21,22);1H. The van der Waals surface area contributed by atoms with Gasteiger partial charge in [0.1, 0.15) is 5.82 Å². The summed E-state index contributed by atoms with van der Waals surface area (Å²) in [6, 6.07) is 6.73. The van der Waals surface area contributed by atoms with Crippen molar-refractivity contribution in [3.05, 3.63) is 35.6 Å². The number of halogens is 2. The lowest BCUT2D eigenvalue weighted by Gasteiger charge is -2.21. The number of nitrogens with one attached hydrogen (secondary N) is 3. The van der Waals surface area contributed by atoms with Gasteiger partial charge >= 0.3 is 0 Å². The number of nitrogens with zero attached hydrogens (tertiary/aromatic N) is 1. The molecule has 0 radical (unpaired) electrons. The van der Waals surface area contributed by atoms with E-state index in [-0.39, 0.29) is 35.7 Å². The van der Waals surface area contributed by atoms with Gasteiger partial charge in [-0.3, -0.25) is 9.79 Å². The third-order valence-electron chi connectivity index (χ3n) is 3.46. The van der Waals surface area contributed by atoms with Crippen LogP contribution in [0.25, 0.3) is 0 Å². The van der Waals surface area contributed by atoms with Crippen LogP contribution >= 0.6 is 24.0 Å². The van der Waals surface area contributed by atoms with Gasteiger partial charge in [0, 0.05) is 20.1 Å². The number of carbonyl (C=O) groups excluding carboxylic acids is 1. The highest BCUT2D eigenvalue weighted by molar-refractivity contribution is 14.0. The molecule has 0 aliphatic carbocycles. The maximum Gasteiger partial charge on any atom is 0.227 e. The van der Waals surface area contributed by atoms with Crippen LogP contribution in [0.3, 0.4) is 0 Å². The molecule has 0 aliphatic rings. The molecule has 0 atom stereocenters. The summed E-state index contributed by atoms with van der Waals surface area (Å²) < 4.78 is 13.6. The van der Waals surface area contributed by atoms with Crippen LogP contribution in [0.5, 0.6) is 0 Å². The van der Waals surface area contributed by atoms with Gasteiger partial charge in [-0.2, -0.15) is 0 Å². The predicted octanol–water partition coefficient (Wildman–Crippen LogP) is 2.31. The summed E-state index contributed by atoms with van der Waals surface area (Å²) >= 11 is 0. The summed E-state index contributed by atoms with van der Waals surface area (Å²) in [5, 5.41) is 8.93. The topological polar surface area (TPSA) is 65.5 Å². The van der Waals surface area contributed by atoms with E-state index >= 15 is 0 Å². The van der Waals surface area contributed by atoms with Gasteiger partial charge in [-0.25, -0.2) is 4.39 Å². The maximum atomic E-state index is 13.6. The number of rotatable bonds is 7. The first-order valence-corrected chi connectivity index (χ1v) is 7.88. The van der Waals surface area contributed by atoms with E-state index in [0.717, 1.165) is 0 Å². The Kier molecular flexibility index (Phi) is 10.6. The van der Waals surface area contributed by atoms with Crippen molar-refractivity contribution in [3.8, 4) is 0 Å². The van der Waals surface area contributed by atoms with Crippen molar-refractivity contribution in [2.75, 3.05) is 26.7 Å². The molecule has 0 aliphatic heterocycles. The minimum absolute atomic E-state index is 0. The molecule has 136 valence electrons. The zero-order valence-electron chi connectivity index (χ0n) is 14.8. The first-order valence-electron chi connectivity index (χ1n) is 7.88. The molecule has 0 heterocycles. The minimum Gasteiger partial charge on any atom is -0.359 e. The number of amides is 1. The van der Waals surface area contributed by atoms with Crippen LogP contribution in [0.15, 0.2) is 29.3 Å². The number of guanidine groups is 1. The summed E-state index contributed by atoms with van der Waals surface area (Å²) in [6.07, 6.45) is 0.565. The van der Waals surface area contributed by atoms with Crippen molar-refractivity contribution in [2.24, 2.45) is 10.4 Å². The number of hydrogen-bond acceptors (Lipinski definition) is 2. The van der Waals surface area contributed by atoms with E-state index in [1.54, 1.807) is 19.2 Å². The van der Waals surface area contributed by atoms with Crippen LogP contribution in [0.1, 0.15) is 26.3 Å². The quantitative estimate of drug-likeness (QED) is 0.340. The van der Waals surface area contributed by atoms with E-state index in [9.17, 15) is 9.18 Å². The van der Waals surface area contributed by atoms with Crippen LogP contribution in [0.4, 0.5) is 4.39 Å². The predicted molar refractivity (Wildman–Crippen MR) is 107 cm³/mol. The minimum atomic E-state index is -0.581. The third kappa shape index (κ3) is 7.46. The van der Waals surface area contributed by atoms with Gasteiger partial charge in [-0.1, -0.05) is 18.2 Å². The SMILES string of the molecule is CCNC(=NCC(C)(C)C(=O)NC)NCCc1ccccc1F.I. The van der Waals surface area contributed by atoms with E-state index in [1.165, 1.54) is 6.07 Å². The fourth-order valence-electron chi connectivity index (χ4n) is 2.05. The van der Waals surface area contributed by atoms with E-state index in [0.29, 0.717) is 37.6 Å². The first-order chi connectivity index (χ1) is 10.9. The monoisotopic (exact) mass is 450 g/mol. The highest BCUT2D eigenvalue weighted by atomic mass is 127. The Morgan fingerprint density at radius 3 is 2.50 bits per heavy atom. The molecule has 1 amide bonds. The maximum absolute atomic E-state index is 13.6. The summed E-state index contributed by atoms with van der Waals surface area (Å²) in [5.74, 6) is 0.376. The number of aliphatic imine (C=N–C) groups is 1. The van der Waals surface area contributed by atoms with E-state index in [1.807, 2.05) is 26.8 Å². The Bertz CT molecular complexity index is 549. The molecule has 0 bridgehead atoms. The molecule has 0 unspecified atom stereocenters. The van der Waals surface area contributed by atoms with Crippen molar-refractivity contribution in [1.82, 2.24) is 16.0 Å². The molecule has 0 saturated heterocycles. The molecule has 0 saturated carbocycles. The van der Waals surface area contributed by atoms with E-state index < -0.39 is 5.41 Å². The zero-order chi connectivity index (χ0) is 17.3. The average molecular weight is 450 g/mol. The highest BCUT2D eigenvalue weighted by Gasteiger charge is 2.26. The fraction of sp³-hybridized carbons (Fsp3) is 0.529. The Hall–Kier alpha value is -1.38. The second-order valence-electron chi connectivity index (χ2n) is 5.93. The zero-order valence-corrected chi connectivity index (χ0v) is 17.1. The number of hydrogen-bond donors (Lipinski definition) is 3. The molecule has 3 N–H and O–H groups in total. The van der Waals surface area contributed by atoms with E-state index in [2.05, 4.69) is 20.9 Å². The molecule has 1 rings (SSSR count). The molecule has 1 aromatic carbocycles. The summed E-state index contributed by atoms with van der Waals surface area (Å²) in [4.78, 5) is 16.2.